The van der Waals surface area contributed by atoms with E-state index in [2.05, 4.69) is 43.6 Å². The van der Waals surface area contributed by atoms with Crippen molar-refractivity contribution in [1.82, 2.24) is 9.66 Å². The summed E-state index contributed by atoms with van der Waals surface area (Å²) in [6.07, 6.45) is 2.40. The second kappa shape index (κ2) is 12.0. The van der Waals surface area contributed by atoms with Gasteiger partial charge in [0.25, 0.3) is 11.2 Å². The molecule has 38 heavy (non-hydrogen) atoms. The van der Waals surface area contributed by atoms with Crippen LogP contribution in [0.25, 0.3) is 10.9 Å². The summed E-state index contributed by atoms with van der Waals surface area (Å²) in [6.45, 7) is 4.27. The van der Waals surface area contributed by atoms with E-state index in [4.69, 9.17) is 14.5 Å². The maximum absolute atomic E-state index is 13.4. The minimum absolute atomic E-state index is 0.0226. The molecule has 4 aromatic rings. The predicted molar refractivity (Wildman–Crippen MR) is 159 cm³/mol. The van der Waals surface area contributed by atoms with Crippen molar-refractivity contribution < 1.29 is 14.4 Å². The van der Waals surface area contributed by atoms with E-state index in [-0.39, 0.29) is 23.8 Å². The number of fused-ring (bicyclic) bond motifs is 1. The molecule has 0 saturated heterocycles. The molecule has 0 bridgehead atoms. The SMILES string of the molecule is CC[C@@H](C)c1nc2ccc(Br)cc2c(=O)n1N=Cc1cc(I)c(OCc2ccc([N+](=O)[O-])cc2)c(OC)c1. The Morgan fingerprint density at radius 3 is 2.61 bits per heavy atom. The summed E-state index contributed by atoms with van der Waals surface area (Å²) in [7, 11) is 1.54. The fourth-order valence-corrected chi connectivity index (χ4v) is 4.87. The Bertz CT molecular complexity index is 1590. The van der Waals surface area contributed by atoms with E-state index in [0.717, 1.165) is 20.0 Å². The van der Waals surface area contributed by atoms with Gasteiger partial charge in [0.1, 0.15) is 12.4 Å². The summed E-state index contributed by atoms with van der Waals surface area (Å²) >= 11 is 5.58. The summed E-state index contributed by atoms with van der Waals surface area (Å²) < 4.78 is 14.5. The summed E-state index contributed by atoms with van der Waals surface area (Å²) in [4.78, 5) is 28.5. The molecule has 0 radical (unpaired) electrons. The lowest BCUT2D eigenvalue weighted by Gasteiger charge is -2.15. The van der Waals surface area contributed by atoms with Crippen LogP contribution in [-0.2, 0) is 6.61 Å². The number of nitro groups is 1. The van der Waals surface area contributed by atoms with E-state index < -0.39 is 4.92 Å². The van der Waals surface area contributed by atoms with E-state index >= 15 is 0 Å². The number of aromatic nitrogens is 2. The van der Waals surface area contributed by atoms with Gasteiger partial charge in [0.15, 0.2) is 11.5 Å². The van der Waals surface area contributed by atoms with Gasteiger partial charge in [-0.25, -0.2) is 4.98 Å². The Kier molecular flexibility index (Phi) is 8.77. The van der Waals surface area contributed by atoms with Crippen LogP contribution >= 0.6 is 38.5 Å². The zero-order chi connectivity index (χ0) is 27.4. The molecule has 0 N–H and O–H groups in total. The number of nitro benzene ring substituents is 1. The number of ether oxygens (including phenoxy) is 2. The normalized spacial score (nSPS) is 12.1. The summed E-state index contributed by atoms with van der Waals surface area (Å²) in [5.74, 6) is 1.65. The number of hydrogen-bond acceptors (Lipinski definition) is 7. The summed E-state index contributed by atoms with van der Waals surface area (Å²) in [5, 5.41) is 15.9. The van der Waals surface area contributed by atoms with Crippen LogP contribution in [-0.4, -0.2) is 27.9 Å². The lowest BCUT2D eigenvalue weighted by molar-refractivity contribution is -0.384. The molecule has 0 aliphatic carbocycles. The molecule has 0 aliphatic rings. The highest BCUT2D eigenvalue weighted by Crippen LogP contribution is 2.34. The highest BCUT2D eigenvalue weighted by Gasteiger charge is 2.16. The molecular formula is C27H24BrIN4O5. The molecule has 9 nitrogen and oxygen atoms in total. The quantitative estimate of drug-likeness (QED) is 0.0842. The van der Waals surface area contributed by atoms with Crippen molar-refractivity contribution in [2.75, 3.05) is 7.11 Å². The van der Waals surface area contributed by atoms with E-state index in [1.54, 1.807) is 37.6 Å². The van der Waals surface area contributed by atoms with Gasteiger partial charge < -0.3 is 9.47 Å². The maximum Gasteiger partial charge on any atom is 0.282 e. The van der Waals surface area contributed by atoms with Crippen LogP contribution in [0.3, 0.4) is 0 Å². The van der Waals surface area contributed by atoms with Crippen LogP contribution in [0.2, 0.25) is 0 Å². The monoisotopic (exact) mass is 690 g/mol. The van der Waals surface area contributed by atoms with Gasteiger partial charge in [-0.05, 0) is 82.6 Å². The van der Waals surface area contributed by atoms with Crippen molar-refractivity contribution >= 4 is 61.3 Å². The number of benzene rings is 3. The fraction of sp³-hybridized carbons (Fsp3) is 0.222. The van der Waals surface area contributed by atoms with Gasteiger partial charge in [-0.2, -0.15) is 9.78 Å². The Morgan fingerprint density at radius 2 is 1.95 bits per heavy atom. The van der Waals surface area contributed by atoms with Gasteiger partial charge in [-0.1, -0.05) is 29.8 Å². The molecule has 0 saturated carbocycles. The zero-order valence-corrected chi connectivity index (χ0v) is 24.6. The number of halogens is 2. The Balaban J connectivity index is 1.65. The Hall–Kier alpha value is -3.32. The predicted octanol–water partition coefficient (Wildman–Crippen LogP) is 6.66. The molecule has 0 aliphatic heterocycles. The molecule has 0 unspecified atom stereocenters. The van der Waals surface area contributed by atoms with Crippen LogP contribution < -0.4 is 15.0 Å². The Labute approximate surface area is 240 Å². The van der Waals surface area contributed by atoms with Crippen molar-refractivity contribution in [1.29, 1.82) is 0 Å². The third-order valence-corrected chi connectivity index (χ3v) is 7.29. The van der Waals surface area contributed by atoms with E-state index in [9.17, 15) is 14.9 Å². The van der Waals surface area contributed by atoms with Crippen molar-refractivity contribution in [3.05, 3.63) is 100 Å². The van der Waals surface area contributed by atoms with Crippen LogP contribution in [0.5, 0.6) is 11.5 Å². The molecular weight excluding hydrogens is 667 g/mol. The molecule has 196 valence electrons. The van der Waals surface area contributed by atoms with Gasteiger partial charge in [-0.15, -0.1) is 0 Å². The molecule has 1 atom stereocenters. The van der Waals surface area contributed by atoms with E-state index in [1.807, 2.05) is 32.0 Å². The molecule has 11 heteroatoms. The smallest absolute Gasteiger partial charge is 0.282 e. The minimum atomic E-state index is -0.441. The number of hydrogen-bond donors (Lipinski definition) is 0. The Morgan fingerprint density at radius 1 is 1.21 bits per heavy atom. The molecule has 1 aromatic heterocycles. The van der Waals surface area contributed by atoms with E-state index in [1.165, 1.54) is 16.8 Å². The first-order valence-electron chi connectivity index (χ1n) is 11.7. The first-order valence-corrected chi connectivity index (χ1v) is 13.6. The van der Waals surface area contributed by atoms with Crippen LogP contribution in [0.15, 0.2) is 69.0 Å². The topological polar surface area (TPSA) is 109 Å². The molecule has 0 amide bonds. The number of rotatable bonds is 9. The first kappa shape index (κ1) is 27.7. The summed E-state index contributed by atoms with van der Waals surface area (Å²) in [5.41, 5.74) is 1.91. The van der Waals surface area contributed by atoms with Crippen molar-refractivity contribution in [3.63, 3.8) is 0 Å². The molecule has 1 heterocycles. The first-order chi connectivity index (χ1) is 18.2. The second-order valence-electron chi connectivity index (χ2n) is 8.55. The highest BCUT2D eigenvalue weighted by atomic mass is 127. The van der Waals surface area contributed by atoms with E-state index in [0.29, 0.717) is 33.8 Å². The largest absolute Gasteiger partial charge is 0.493 e. The standard InChI is InChI=1S/C27H24BrIN4O5/c1-4-16(2)26-31-23-10-7-19(28)13-21(23)27(34)32(26)30-14-18-11-22(29)25(24(12-18)37-3)38-15-17-5-8-20(9-6-17)33(35)36/h5-14,16H,4,15H2,1-3H3/t16-/m1/s1. The third-order valence-electron chi connectivity index (χ3n) is 5.99. The van der Waals surface area contributed by atoms with Gasteiger partial charge >= 0.3 is 0 Å². The highest BCUT2D eigenvalue weighted by molar-refractivity contribution is 14.1. The lowest BCUT2D eigenvalue weighted by Crippen LogP contribution is -2.23. The van der Waals surface area contributed by atoms with Crippen molar-refractivity contribution in [3.8, 4) is 11.5 Å². The second-order valence-corrected chi connectivity index (χ2v) is 10.6. The van der Waals surface area contributed by atoms with Crippen molar-refractivity contribution in [2.24, 2.45) is 5.10 Å². The molecule has 0 fully saturated rings. The van der Waals surface area contributed by atoms with Crippen LogP contribution in [0, 0.1) is 13.7 Å². The number of methoxy groups -OCH3 is 1. The van der Waals surface area contributed by atoms with Gasteiger partial charge in [0.2, 0.25) is 0 Å². The summed E-state index contributed by atoms with van der Waals surface area (Å²) in [6, 6.07) is 15.3. The van der Waals surface area contributed by atoms with Gasteiger partial charge in [-0.3, -0.25) is 14.9 Å². The minimum Gasteiger partial charge on any atom is -0.493 e. The molecule has 4 rings (SSSR count). The average molecular weight is 691 g/mol. The maximum atomic E-state index is 13.4. The van der Waals surface area contributed by atoms with Crippen molar-refractivity contribution in [2.45, 2.75) is 32.8 Å². The number of non-ortho nitro benzene ring substituents is 1. The van der Waals surface area contributed by atoms with Crippen LogP contribution in [0.1, 0.15) is 43.1 Å². The third kappa shape index (κ3) is 6.04. The zero-order valence-electron chi connectivity index (χ0n) is 20.9. The van der Waals surface area contributed by atoms with Gasteiger partial charge in [0, 0.05) is 22.5 Å². The average Bonchev–Trinajstić information content (AvgIpc) is 2.91. The lowest BCUT2D eigenvalue weighted by atomic mass is 10.1. The van der Waals surface area contributed by atoms with Crippen LogP contribution in [0.4, 0.5) is 5.69 Å². The molecule has 3 aromatic carbocycles. The van der Waals surface area contributed by atoms with Gasteiger partial charge in [0.05, 0.1) is 32.7 Å². The molecule has 0 spiro atoms. The fourth-order valence-electron chi connectivity index (χ4n) is 3.73. The number of nitrogens with zero attached hydrogens (tertiary/aromatic N) is 4.